The van der Waals surface area contributed by atoms with E-state index >= 15 is 0 Å². The van der Waals surface area contributed by atoms with Crippen LogP contribution in [-0.4, -0.2) is 32.8 Å². The Morgan fingerprint density at radius 3 is 2.59 bits per heavy atom. The van der Waals surface area contributed by atoms with Crippen LogP contribution in [0, 0.1) is 12.8 Å². The van der Waals surface area contributed by atoms with E-state index in [4.69, 9.17) is 5.73 Å². The number of nitrogens with two attached hydrogens (primary N) is 1. The number of benzene rings is 1. The van der Waals surface area contributed by atoms with Gasteiger partial charge in [-0.3, -0.25) is 4.79 Å². The van der Waals surface area contributed by atoms with Crippen LogP contribution in [0.3, 0.4) is 0 Å². The van der Waals surface area contributed by atoms with E-state index in [-0.39, 0.29) is 18.2 Å². The van der Waals surface area contributed by atoms with Gasteiger partial charge in [-0.2, -0.15) is 5.10 Å². The predicted octanol–water partition coefficient (Wildman–Crippen LogP) is 3.14. The van der Waals surface area contributed by atoms with Crippen LogP contribution in [0.2, 0.25) is 0 Å². The first-order valence-electron chi connectivity index (χ1n) is 9.32. The number of hydrogen-bond acceptors (Lipinski definition) is 4. The smallest absolute Gasteiger partial charge is 0.252 e. The van der Waals surface area contributed by atoms with E-state index < -0.39 is 12.1 Å². The Kier molecular flexibility index (Phi) is 6.15. The number of aliphatic hydroxyl groups is 1. The Morgan fingerprint density at radius 2 is 2.00 bits per heavy atom. The highest BCUT2D eigenvalue weighted by Gasteiger charge is 2.28. The second-order valence-electron chi connectivity index (χ2n) is 6.91. The van der Waals surface area contributed by atoms with Gasteiger partial charge in [0.1, 0.15) is 6.17 Å². The van der Waals surface area contributed by atoms with E-state index in [1.54, 1.807) is 4.52 Å². The van der Waals surface area contributed by atoms with Gasteiger partial charge >= 0.3 is 0 Å². The lowest BCUT2D eigenvalue weighted by Gasteiger charge is -2.19. The van der Waals surface area contributed by atoms with Crippen molar-refractivity contribution in [2.45, 2.75) is 38.1 Å². The summed E-state index contributed by atoms with van der Waals surface area (Å²) >= 11 is 0. The van der Waals surface area contributed by atoms with Gasteiger partial charge in [-0.1, -0.05) is 24.3 Å². The van der Waals surface area contributed by atoms with Crippen molar-refractivity contribution in [3.05, 3.63) is 53.9 Å². The molecule has 0 radical (unpaired) electrons. The number of alkyl halides is 1. The zero-order valence-electron chi connectivity index (χ0n) is 15.9. The number of anilines is 1. The van der Waals surface area contributed by atoms with Gasteiger partial charge in [0.05, 0.1) is 35.6 Å². The van der Waals surface area contributed by atoms with Gasteiger partial charge < -0.3 is 16.2 Å². The van der Waals surface area contributed by atoms with Crippen LogP contribution >= 0.6 is 0 Å². The van der Waals surface area contributed by atoms with Crippen LogP contribution in [0.25, 0.3) is 16.6 Å². The molecule has 2 atom stereocenters. The summed E-state index contributed by atoms with van der Waals surface area (Å²) in [4.78, 5) is 11.9. The first-order valence-corrected chi connectivity index (χ1v) is 9.32. The molecule has 0 bridgehead atoms. The number of nitrogens with zero attached hydrogens (tertiary/aromatic N) is 2. The van der Waals surface area contributed by atoms with Crippen LogP contribution < -0.4 is 11.1 Å². The lowest BCUT2D eigenvalue weighted by Crippen LogP contribution is -2.27. The van der Waals surface area contributed by atoms with Gasteiger partial charge in [-0.25, -0.2) is 8.91 Å². The number of hydrogen-bond donors (Lipinski definition) is 3. The molecule has 1 amide bonds. The quantitative estimate of drug-likeness (QED) is 0.580. The Hall–Kier alpha value is -3.37. The fraction of sp³-hybridized carbons (Fsp3) is 0.273. The van der Waals surface area contributed by atoms with Crippen molar-refractivity contribution in [3.63, 3.8) is 0 Å². The van der Waals surface area contributed by atoms with E-state index in [0.717, 1.165) is 23.1 Å². The molecule has 0 aliphatic heterocycles. The Morgan fingerprint density at radius 1 is 1.28 bits per heavy atom. The van der Waals surface area contributed by atoms with Crippen LogP contribution in [0.5, 0.6) is 0 Å². The first kappa shape index (κ1) is 20.4. The molecule has 1 aromatic carbocycles. The van der Waals surface area contributed by atoms with Gasteiger partial charge in [0.2, 0.25) is 0 Å². The zero-order valence-corrected chi connectivity index (χ0v) is 15.9. The van der Waals surface area contributed by atoms with Gasteiger partial charge in [0.15, 0.2) is 0 Å². The number of aromatic nitrogens is 2. The van der Waals surface area contributed by atoms with Crippen molar-refractivity contribution in [3.8, 4) is 24.0 Å². The fourth-order valence-corrected chi connectivity index (χ4v) is 3.62. The number of amides is 1. The van der Waals surface area contributed by atoms with E-state index in [2.05, 4.69) is 23.3 Å². The standard InChI is InChI=1S/C20H21FN4O2.C2H2/c21-16-2-1-3-17(16)24-19-15(20(22)27)9-23-25-10-14(8-18(19)25)13-6-4-12(11-26)5-7-13;1-2/h4-10,16-17,24,26H,1-3,11H2,(H2,22,27);1-2H/t16-,17+;/m0./s1. The van der Waals surface area contributed by atoms with Crippen LogP contribution in [0.4, 0.5) is 10.1 Å². The molecule has 4 rings (SSSR count). The number of carbonyl (C=O) groups excluding carboxylic acids is 1. The molecule has 3 aromatic rings. The van der Waals surface area contributed by atoms with Crippen molar-refractivity contribution in [1.29, 1.82) is 0 Å². The van der Waals surface area contributed by atoms with Gasteiger partial charge in [-0.05, 0) is 36.5 Å². The molecule has 1 aliphatic carbocycles. The van der Waals surface area contributed by atoms with E-state index in [0.29, 0.717) is 24.0 Å². The topological polar surface area (TPSA) is 92.7 Å². The third kappa shape index (κ3) is 4.08. The molecule has 7 heteroatoms. The largest absolute Gasteiger partial charge is 0.392 e. The van der Waals surface area contributed by atoms with E-state index in [1.807, 2.05) is 36.5 Å². The van der Waals surface area contributed by atoms with E-state index in [9.17, 15) is 14.3 Å². The van der Waals surface area contributed by atoms with Gasteiger partial charge in [0, 0.05) is 11.8 Å². The number of nitrogens with one attached hydrogen (secondary N) is 1. The molecule has 2 heterocycles. The molecular formula is C22H23FN4O2. The molecular weight excluding hydrogens is 371 g/mol. The molecule has 1 aliphatic rings. The highest BCUT2D eigenvalue weighted by atomic mass is 19.1. The monoisotopic (exact) mass is 394 g/mol. The summed E-state index contributed by atoms with van der Waals surface area (Å²) in [6.07, 6.45) is 12.4. The molecule has 29 heavy (non-hydrogen) atoms. The Bertz CT molecular complexity index is 1030. The van der Waals surface area contributed by atoms with Crippen LogP contribution in [0.1, 0.15) is 35.2 Å². The fourth-order valence-electron chi connectivity index (χ4n) is 3.62. The summed E-state index contributed by atoms with van der Waals surface area (Å²) in [7, 11) is 0. The molecule has 1 saturated carbocycles. The second kappa shape index (κ2) is 8.76. The number of fused-ring (bicyclic) bond motifs is 1. The summed E-state index contributed by atoms with van der Waals surface area (Å²) in [5, 5.41) is 16.7. The maximum atomic E-state index is 14.1. The van der Waals surface area contributed by atoms with Gasteiger partial charge in [0.25, 0.3) is 5.91 Å². The number of terminal acetylenes is 1. The molecule has 0 spiro atoms. The maximum Gasteiger partial charge on any atom is 0.252 e. The van der Waals surface area contributed by atoms with Crippen molar-refractivity contribution in [2.24, 2.45) is 5.73 Å². The lowest BCUT2D eigenvalue weighted by molar-refractivity contribution is 0.100. The summed E-state index contributed by atoms with van der Waals surface area (Å²) in [5.41, 5.74) is 9.65. The Labute approximate surface area is 168 Å². The molecule has 1 fully saturated rings. The number of carbonyl (C=O) groups is 1. The number of halogens is 1. The highest BCUT2D eigenvalue weighted by molar-refractivity contribution is 6.02. The predicted molar refractivity (Wildman–Crippen MR) is 111 cm³/mol. The van der Waals surface area contributed by atoms with Crippen molar-refractivity contribution >= 4 is 17.1 Å². The first-order chi connectivity index (χ1) is 14.1. The van der Waals surface area contributed by atoms with Gasteiger partial charge in [-0.15, -0.1) is 12.8 Å². The average molecular weight is 394 g/mol. The summed E-state index contributed by atoms with van der Waals surface area (Å²) in [6, 6.07) is 9.10. The molecule has 4 N–H and O–H groups in total. The average Bonchev–Trinajstić information content (AvgIpc) is 3.36. The van der Waals surface area contributed by atoms with Crippen LogP contribution in [0.15, 0.2) is 42.7 Å². The summed E-state index contributed by atoms with van der Waals surface area (Å²) < 4.78 is 15.8. The molecule has 150 valence electrons. The third-order valence-electron chi connectivity index (χ3n) is 5.13. The lowest BCUT2D eigenvalue weighted by atomic mass is 10.1. The number of rotatable bonds is 5. The molecule has 0 unspecified atom stereocenters. The van der Waals surface area contributed by atoms with Crippen molar-refractivity contribution < 1.29 is 14.3 Å². The second-order valence-corrected chi connectivity index (χ2v) is 6.91. The normalized spacial score (nSPS) is 18.2. The molecule has 2 aromatic heterocycles. The third-order valence-corrected chi connectivity index (χ3v) is 5.13. The minimum absolute atomic E-state index is 0.0125. The number of aliphatic hydroxyl groups excluding tert-OH is 1. The minimum atomic E-state index is -0.945. The zero-order chi connectivity index (χ0) is 21.0. The highest BCUT2D eigenvalue weighted by Crippen LogP contribution is 2.32. The Balaban J connectivity index is 0.00000117. The summed E-state index contributed by atoms with van der Waals surface area (Å²) in [6.45, 7) is -0.0125. The summed E-state index contributed by atoms with van der Waals surface area (Å²) in [5.74, 6) is -0.601. The molecule has 6 nitrogen and oxygen atoms in total. The van der Waals surface area contributed by atoms with E-state index in [1.165, 1.54) is 6.20 Å². The van der Waals surface area contributed by atoms with Crippen molar-refractivity contribution in [2.75, 3.05) is 5.32 Å². The number of primary amides is 1. The van der Waals surface area contributed by atoms with Crippen molar-refractivity contribution in [1.82, 2.24) is 9.61 Å². The molecule has 0 saturated heterocycles. The maximum absolute atomic E-state index is 14.1. The van der Waals surface area contributed by atoms with Crippen LogP contribution in [-0.2, 0) is 6.61 Å². The minimum Gasteiger partial charge on any atom is -0.392 e. The SMILES string of the molecule is C#C.NC(=O)c1cnn2cc(-c3ccc(CO)cc3)cc2c1N[C@@H]1CCC[C@@H]1F.